The van der Waals surface area contributed by atoms with Crippen LogP contribution in [0.15, 0.2) is 78.0 Å². The van der Waals surface area contributed by atoms with Crippen LogP contribution in [0.4, 0.5) is 5.82 Å². The van der Waals surface area contributed by atoms with Crippen LogP contribution in [0.25, 0.3) is 22.2 Å². The van der Waals surface area contributed by atoms with E-state index < -0.39 is 11.9 Å². The molecule has 1 atom stereocenters. The summed E-state index contributed by atoms with van der Waals surface area (Å²) in [7, 11) is 4.09. The van der Waals surface area contributed by atoms with E-state index >= 15 is 0 Å². The predicted octanol–water partition coefficient (Wildman–Crippen LogP) is 2.42. The highest BCUT2D eigenvalue weighted by atomic mass is 16.2. The lowest BCUT2D eigenvalue weighted by atomic mass is 10.1. The lowest BCUT2D eigenvalue weighted by Crippen LogP contribution is -2.45. The normalized spacial score (nSPS) is 14.5. The number of carbonyl (C=O) groups is 1. The quantitative estimate of drug-likeness (QED) is 0.248. The molecule has 13 nitrogen and oxygen atoms in total. The first-order chi connectivity index (χ1) is 23.8. The lowest BCUT2D eigenvalue weighted by molar-refractivity contribution is 0.0940. The van der Waals surface area contributed by atoms with E-state index in [4.69, 9.17) is 10.7 Å². The number of hydrogen-bond donors (Lipinski definition) is 2. The van der Waals surface area contributed by atoms with Gasteiger partial charge in [-0.05, 0) is 44.3 Å². The van der Waals surface area contributed by atoms with Gasteiger partial charge in [0.15, 0.2) is 11.5 Å². The Bertz CT molecular complexity index is 2290. The highest BCUT2D eigenvalue weighted by Crippen LogP contribution is 2.22. The van der Waals surface area contributed by atoms with Gasteiger partial charge in [0.25, 0.3) is 11.5 Å². The second kappa shape index (κ2) is 13.3. The Morgan fingerprint density at radius 2 is 1.78 bits per heavy atom. The van der Waals surface area contributed by atoms with Gasteiger partial charge in [0.2, 0.25) is 0 Å². The van der Waals surface area contributed by atoms with Gasteiger partial charge in [0.05, 0.1) is 40.1 Å². The number of nitrogen functional groups attached to an aromatic ring is 1. The number of nitrogens with one attached hydrogen (secondary N) is 1. The first-order valence-corrected chi connectivity index (χ1v) is 16.2. The number of hydrogen-bond acceptors (Lipinski definition) is 9. The molecule has 3 N–H and O–H groups in total. The largest absolute Gasteiger partial charge is 0.381 e. The summed E-state index contributed by atoms with van der Waals surface area (Å²) >= 11 is 0. The van der Waals surface area contributed by atoms with E-state index in [-0.39, 0.29) is 16.9 Å². The third-order valence-corrected chi connectivity index (χ3v) is 8.98. The Hall–Kier alpha value is -5.84. The molecule has 248 valence electrons. The van der Waals surface area contributed by atoms with Crippen LogP contribution >= 0.6 is 0 Å². The van der Waals surface area contributed by atoms with Crippen LogP contribution in [-0.4, -0.2) is 89.4 Å². The minimum atomic E-state index is -0.698. The number of piperazine rings is 1. The first-order valence-electron chi connectivity index (χ1n) is 16.2. The third-order valence-electron chi connectivity index (χ3n) is 8.98. The lowest BCUT2D eigenvalue weighted by Gasteiger charge is -2.32. The molecule has 0 aliphatic carbocycles. The average molecular weight is 656 g/mol. The number of aromatic nitrogens is 7. The molecule has 0 bridgehead atoms. The SMILES string of the molecule is C[C@H](NC(=O)c1c(N)nn2cccnc12)c1nc2cccc(C#Cc3cnn(C)c3CCN3CCN(C)CC3)c2c(=O)n1-c1ccccc1. The highest BCUT2D eigenvalue weighted by molar-refractivity contribution is 6.04. The monoisotopic (exact) mass is 655 g/mol. The summed E-state index contributed by atoms with van der Waals surface area (Å²) in [5, 5.41) is 12.0. The van der Waals surface area contributed by atoms with Crippen molar-refractivity contribution in [1.29, 1.82) is 0 Å². The fourth-order valence-electron chi connectivity index (χ4n) is 6.26. The minimum absolute atomic E-state index is 0.0506. The molecule has 13 heteroatoms. The van der Waals surface area contributed by atoms with Gasteiger partial charge in [-0.25, -0.2) is 14.5 Å². The molecular formula is C36H37N11O2. The van der Waals surface area contributed by atoms with Crippen molar-refractivity contribution in [2.45, 2.75) is 19.4 Å². The molecule has 0 saturated carbocycles. The van der Waals surface area contributed by atoms with Crippen molar-refractivity contribution in [3.05, 3.63) is 112 Å². The number of fused-ring (bicyclic) bond motifs is 2. The second-order valence-electron chi connectivity index (χ2n) is 12.3. The van der Waals surface area contributed by atoms with Crippen LogP contribution in [0.2, 0.25) is 0 Å². The second-order valence-corrected chi connectivity index (χ2v) is 12.3. The zero-order valence-electron chi connectivity index (χ0n) is 27.7. The molecule has 7 rings (SSSR count). The molecule has 2 aromatic carbocycles. The molecule has 1 amide bonds. The summed E-state index contributed by atoms with van der Waals surface area (Å²) < 4.78 is 4.86. The number of benzene rings is 2. The van der Waals surface area contributed by atoms with E-state index in [1.54, 1.807) is 37.6 Å². The Labute approximate surface area is 283 Å². The number of aryl methyl sites for hydroxylation is 1. The van der Waals surface area contributed by atoms with E-state index in [1.807, 2.05) is 54.2 Å². The van der Waals surface area contributed by atoms with Gasteiger partial charge in [-0.15, -0.1) is 5.10 Å². The van der Waals surface area contributed by atoms with Crippen LogP contribution < -0.4 is 16.6 Å². The van der Waals surface area contributed by atoms with Gasteiger partial charge in [0.1, 0.15) is 11.4 Å². The van der Waals surface area contributed by atoms with Crippen molar-refractivity contribution in [2.24, 2.45) is 7.05 Å². The van der Waals surface area contributed by atoms with E-state index in [0.717, 1.165) is 50.4 Å². The Morgan fingerprint density at radius 3 is 2.57 bits per heavy atom. The number of nitrogens with two attached hydrogens (primary N) is 1. The van der Waals surface area contributed by atoms with Gasteiger partial charge in [0, 0.05) is 64.1 Å². The van der Waals surface area contributed by atoms with Crippen molar-refractivity contribution in [3.63, 3.8) is 0 Å². The van der Waals surface area contributed by atoms with E-state index in [9.17, 15) is 9.59 Å². The Morgan fingerprint density at radius 1 is 1.00 bits per heavy atom. The molecule has 4 aromatic heterocycles. The smallest absolute Gasteiger partial charge is 0.267 e. The number of amides is 1. The minimum Gasteiger partial charge on any atom is -0.381 e. The molecule has 1 aliphatic rings. The fourth-order valence-corrected chi connectivity index (χ4v) is 6.26. The maximum absolute atomic E-state index is 14.5. The van der Waals surface area contributed by atoms with Crippen LogP contribution in [0.3, 0.4) is 0 Å². The molecule has 1 fully saturated rings. The average Bonchev–Trinajstić information content (AvgIpc) is 3.64. The highest BCUT2D eigenvalue weighted by Gasteiger charge is 2.25. The summed E-state index contributed by atoms with van der Waals surface area (Å²) in [6.45, 7) is 6.92. The van der Waals surface area contributed by atoms with Gasteiger partial charge in [-0.1, -0.05) is 36.1 Å². The molecule has 0 unspecified atom stereocenters. The van der Waals surface area contributed by atoms with Crippen molar-refractivity contribution >= 4 is 28.3 Å². The maximum atomic E-state index is 14.5. The maximum Gasteiger partial charge on any atom is 0.267 e. The number of anilines is 1. The van der Waals surface area contributed by atoms with Gasteiger partial charge in [-0.2, -0.15) is 5.10 Å². The zero-order valence-corrected chi connectivity index (χ0v) is 27.7. The van der Waals surface area contributed by atoms with Crippen LogP contribution in [-0.2, 0) is 13.5 Å². The van der Waals surface area contributed by atoms with Gasteiger partial charge in [-0.3, -0.25) is 18.8 Å². The molecule has 1 saturated heterocycles. The molecule has 6 aromatic rings. The number of carbonyl (C=O) groups excluding carboxylic acids is 1. The molecule has 0 radical (unpaired) electrons. The van der Waals surface area contributed by atoms with E-state index in [0.29, 0.717) is 33.6 Å². The first kappa shape index (κ1) is 31.7. The summed E-state index contributed by atoms with van der Waals surface area (Å²) in [4.78, 5) is 42.1. The molecule has 49 heavy (non-hydrogen) atoms. The van der Waals surface area contributed by atoms with Crippen molar-refractivity contribution in [3.8, 4) is 17.5 Å². The standard InChI is InChI=1S/C36H37N11O2/c1-24(40-35(48)31-32(37)42-46-17-8-16-38-34(31)46)33-41-28-12-7-9-25(30(28)36(49)47(33)27-10-5-4-6-11-27)13-14-26-23-39-44(3)29(26)15-18-45-21-19-43(2)20-22-45/h4-12,16-17,23-24H,15,18-22H2,1-3H3,(H2,37,42)(H,40,48)/t24-/m0/s1. The van der Waals surface area contributed by atoms with Crippen LogP contribution in [0.1, 0.15) is 46.0 Å². The number of likely N-dealkylation sites (N-methyl/N-ethyl adjacent to an activating group) is 1. The number of nitrogens with zero attached hydrogens (tertiary/aromatic N) is 9. The van der Waals surface area contributed by atoms with Crippen LogP contribution in [0, 0.1) is 11.8 Å². The van der Waals surface area contributed by atoms with Crippen molar-refractivity contribution in [2.75, 3.05) is 45.5 Å². The zero-order chi connectivity index (χ0) is 34.1. The van der Waals surface area contributed by atoms with Gasteiger partial charge < -0.3 is 20.9 Å². The van der Waals surface area contributed by atoms with E-state index in [1.165, 1.54) is 9.08 Å². The van der Waals surface area contributed by atoms with E-state index in [2.05, 4.69) is 49.2 Å². The van der Waals surface area contributed by atoms with Crippen molar-refractivity contribution in [1.82, 2.24) is 49.0 Å². The summed E-state index contributed by atoms with van der Waals surface area (Å²) in [6, 6.07) is 15.7. The van der Waals surface area contributed by atoms with Crippen LogP contribution in [0.5, 0.6) is 0 Å². The predicted molar refractivity (Wildman–Crippen MR) is 187 cm³/mol. The summed E-state index contributed by atoms with van der Waals surface area (Å²) in [5.41, 5.74) is 9.83. The molecule has 5 heterocycles. The fraction of sp³-hybridized carbons (Fsp3) is 0.278. The summed E-state index contributed by atoms with van der Waals surface area (Å²) in [5.74, 6) is 6.49. The third kappa shape index (κ3) is 6.27. The Balaban J connectivity index is 1.25. The number of para-hydroxylation sites is 1. The molecule has 1 aliphatic heterocycles. The van der Waals surface area contributed by atoms with Crippen molar-refractivity contribution < 1.29 is 4.79 Å². The Kier molecular flexibility index (Phi) is 8.65. The topological polar surface area (TPSA) is 144 Å². The number of rotatable bonds is 7. The molecule has 0 spiro atoms. The summed E-state index contributed by atoms with van der Waals surface area (Å²) in [6.07, 6.45) is 5.85. The van der Waals surface area contributed by atoms with Gasteiger partial charge >= 0.3 is 0 Å². The molecular weight excluding hydrogens is 618 g/mol.